The molecule has 0 radical (unpaired) electrons. The van der Waals surface area contributed by atoms with Crippen molar-refractivity contribution in [3.8, 4) is 5.75 Å². The molecule has 198 valence electrons. The highest BCUT2D eigenvalue weighted by atomic mass is 35.5. The van der Waals surface area contributed by atoms with E-state index in [-0.39, 0.29) is 11.1 Å². The number of morpholine rings is 1. The minimum absolute atomic E-state index is 0.0259. The normalized spacial score (nSPS) is 24.2. The zero-order valence-electron chi connectivity index (χ0n) is 20.9. The van der Waals surface area contributed by atoms with Gasteiger partial charge in [0.05, 0.1) is 12.7 Å². The van der Waals surface area contributed by atoms with Crippen molar-refractivity contribution in [2.75, 3.05) is 24.6 Å². The number of benzene rings is 1. The van der Waals surface area contributed by atoms with Crippen LogP contribution in [0.25, 0.3) is 0 Å². The highest BCUT2D eigenvalue weighted by molar-refractivity contribution is 7.90. The van der Waals surface area contributed by atoms with Crippen LogP contribution >= 0.6 is 11.6 Å². The molecule has 4 fully saturated rings. The maximum absolute atomic E-state index is 13.3. The van der Waals surface area contributed by atoms with Crippen molar-refractivity contribution in [3.05, 3.63) is 47.0 Å². The molecule has 1 amide bonds. The Bertz CT molecular complexity index is 1320. The molecule has 1 aromatic carbocycles. The van der Waals surface area contributed by atoms with Crippen molar-refractivity contribution >= 4 is 33.3 Å². The fraction of sp³-hybridized carbons (Fsp3) is 0.556. The van der Waals surface area contributed by atoms with Crippen LogP contribution in [0.3, 0.4) is 0 Å². The summed E-state index contributed by atoms with van der Waals surface area (Å²) in [7, 11) is -4.18. The number of pyridine rings is 1. The van der Waals surface area contributed by atoms with Gasteiger partial charge in [-0.15, -0.1) is 0 Å². The van der Waals surface area contributed by atoms with E-state index in [0.717, 1.165) is 18.4 Å². The fourth-order valence-electron chi connectivity index (χ4n) is 5.95. The first-order valence-electron chi connectivity index (χ1n) is 13.1. The zero-order valence-corrected chi connectivity index (χ0v) is 22.5. The second-order valence-corrected chi connectivity index (χ2v) is 13.2. The van der Waals surface area contributed by atoms with Crippen LogP contribution in [0.15, 0.2) is 41.4 Å². The third-order valence-corrected chi connectivity index (χ3v) is 9.86. The van der Waals surface area contributed by atoms with Crippen molar-refractivity contribution < 1.29 is 22.7 Å². The molecule has 8 nitrogen and oxygen atoms in total. The molecule has 3 aliphatic carbocycles. The Balaban J connectivity index is 1.17. The number of anilines is 1. The molecule has 0 unspecified atom stereocenters. The van der Waals surface area contributed by atoms with Crippen molar-refractivity contribution in [2.45, 2.75) is 74.5 Å². The summed E-state index contributed by atoms with van der Waals surface area (Å²) in [6, 6.07) is 10.4. The van der Waals surface area contributed by atoms with Crippen LogP contribution in [0.1, 0.15) is 63.4 Å². The lowest BCUT2D eigenvalue weighted by atomic mass is 9.50. The molecule has 1 atom stereocenters. The van der Waals surface area contributed by atoms with Crippen molar-refractivity contribution in [3.63, 3.8) is 0 Å². The Morgan fingerprint density at radius 3 is 2.65 bits per heavy atom. The molecule has 37 heavy (non-hydrogen) atoms. The van der Waals surface area contributed by atoms with Gasteiger partial charge in [-0.2, -0.15) is 8.42 Å². The minimum atomic E-state index is -4.18. The number of carbonyl (C=O) groups excluding carboxylic acids is 1. The number of aromatic nitrogens is 1. The van der Waals surface area contributed by atoms with Gasteiger partial charge in [-0.25, -0.2) is 9.71 Å². The first-order chi connectivity index (χ1) is 17.7. The highest BCUT2D eigenvalue weighted by Crippen LogP contribution is 2.63. The number of nitrogens with one attached hydrogen (secondary N) is 1. The minimum Gasteiger partial charge on any atom is -0.477 e. The molecule has 1 saturated heterocycles. The van der Waals surface area contributed by atoms with E-state index < -0.39 is 21.5 Å². The number of nitrogens with zero attached hydrogens (tertiary/aromatic N) is 2. The van der Waals surface area contributed by atoms with E-state index >= 15 is 0 Å². The highest BCUT2D eigenvalue weighted by Gasteiger charge is 2.55. The van der Waals surface area contributed by atoms with Crippen LogP contribution in [0.5, 0.6) is 5.75 Å². The molecular formula is C27H32ClN3O5S. The molecular weight excluding hydrogens is 514 g/mol. The number of sulfonamides is 1. The van der Waals surface area contributed by atoms with Gasteiger partial charge in [-0.1, -0.05) is 30.2 Å². The summed E-state index contributed by atoms with van der Waals surface area (Å²) in [5.74, 6) is 0.828. The second kappa shape index (κ2) is 9.13. The number of ether oxygens (including phenoxy) is 2. The van der Waals surface area contributed by atoms with Gasteiger partial charge in [0.1, 0.15) is 11.6 Å². The van der Waals surface area contributed by atoms with Crippen molar-refractivity contribution in [2.24, 2.45) is 5.41 Å². The smallest absolute Gasteiger partial charge is 0.281 e. The number of amides is 1. The molecule has 1 spiro atoms. The standard InChI is InChI=1S/C27H32ClN3O5S/c1-18-17-31(12-13-35-18)23-4-2-5-24(29-23)37(33,34)30-25(32)27(10-11-27)36-22-14-20(28)6-7-21(22)19-15-26(16-19)8-3-9-26/h2,4-7,14,18-19H,3,8-13,15-17H2,1H3,(H,30,32)/t18-/m1/s1. The quantitative estimate of drug-likeness (QED) is 0.550. The van der Waals surface area contributed by atoms with Gasteiger partial charge in [-0.3, -0.25) is 4.79 Å². The lowest BCUT2D eigenvalue weighted by Gasteiger charge is -2.54. The summed E-state index contributed by atoms with van der Waals surface area (Å²) in [5.41, 5.74) is 0.324. The summed E-state index contributed by atoms with van der Waals surface area (Å²) in [6.07, 6.45) is 7.04. The predicted octanol–water partition coefficient (Wildman–Crippen LogP) is 4.42. The average Bonchev–Trinajstić information content (AvgIpc) is 3.59. The van der Waals surface area contributed by atoms with Gasteiger partial charge < -0.3 is 14.4 Å². The molecule has 10 heteroatoms. The van der Waals surface area contributed by atoms with E-state index in [0.29, 0.717) is 60.5 Å². The second-order valence-electron chi connectivity index (χ2n) is 11.1. The van der Waals surface area contributed by atoms with E-state index in [2.05, 4.69) is 9.71 Å². The van der Waals surface area contributed by atoms with E-state index in [1.54, 1.807) is 18.2 Å². The number of carbonyl (C=O) groups is 1. The number of halogens is 1. The molecule has 4 aliphatic rings. The molecule has 1 N–H and O–H groups in total. The van der Waals surface area contributed by atoms with Crippen LogP contribution in [0, 0.1) is 5.41 Å². The van der Waals surface area contributed by atoms with Gasteiger partial charge >= 0.3 is 0 Å². The third-order valence-electron chi connectivity index (χ3n) is 8.39. The Morgan fingerprint density at radius 1 is 1.19 bits per heavy atom. The fourth-order valence-corrected chi connectivity index (χ4v) is 7.12. The zero-order chi connectivity index (χ0) is 25.8. The number of rotatable bonds is 7. The molecule has 3 saturated carbocycles. The summed E-state index contributed by atoms with van der Waals surface area (Å²) in [5, 5.41) is 0.329. The molecule has 6 rings (SSSR count). The molecule has 0 bridgehead atoms. The number of hydrogen-bond donors (Lipinski definition) is 1. The summed E-state index contributed by atoms with van der Waals surface area (Å²) >= 11 is 6.28. The van der Waals surface area contributed by atoms with Crippen LogP contribution in [-0.4, -0.2) is 50.7 Å². The lowest BCUT2D eigenvalue weighted by molar-refractivity contribution is -0.128. The first-order valence-corrected chi connectivity index (χ1v) is 14.9. The summed E-state index contributed by atoms with van der Waals surface area (Å²) in [6.45, 7) is 3.74. The molecule has 2 heterocycles. The van der Waals surface area contributed by atoms with Crippen molar-refractivity contribution in [1.82, 2.24) is 9.71 Å². The summed E-state index contributed by atoms with van der Waals surface area (Å²) < 4.78 is 40.4. The van der Waals surface area contributed by atoms with Crippen LogP contribution in [-0.2, 0) is 19.6 Å². The SMILES string of the molecule is C[C@@H]1CN(c2cccc(S(=O)(=O)NC(=O)C3(Oc4cc(Cl)ccc4C4CC5(CCC5)C4)CC3)n2)CCO1. The first kappa shape index (κ1) is 24.9. The molecule has 1 aromatic heterocycles. The average molecular weight is 546 g/mol. The molecule has 1 aliphatic heterocycles. The van der Waals surface area contributed by atoms with E-state index in [1.807, 2.05) is 24.0 Å². The van der Waals surface area contributed by atoms with Gasteiger partial charge in [0.2, 0.25) is 0 Å². The van der Waals surface area contributed by atoms with E-state index in [9.17, 15) is 13.2 Å². The molecule has 2 aromatic rings. The Morgan fingerprint density at radius 2 is 1.97 bits per heavy atom. The van der Waals surface area contributed by atoms with Crippen LogP contribution < -0.4 is 14.4 Å². The monoisotopic (exact) mass is 545 g/mol. The topological polar surface area (TPSA) is 97.8 Å². The third kappa shape index (κ3) is 4.81. The Hall–Kier alpha value is -2.36. The van der Waals surface area contributed by atoms with Gasteiger partial charge in [-0.05, 0) is 73.8 Å². The Kier molecular flexibility index (Phi) is 6.16. The van der Waals surface area contributed by atoms with Crippen LogP contribution in [0.4, 0.5) is 5.82 Å². The Labute approximate surface area is 222 Å². The van der Waals surface area contributed by atoms with Crippen LogP contribution in [0.2, 0.25) is 5.02 Å². The van der Waals surface area contributed by atoms with E-state index in [4.69, 9.17) is 21.1 Å². The van der Waals surface area contributed by atoms with Crippen molar-refractivity contribution in [1.29, 1.82) is 0 Å². The van der Waals surface area contributed by atoms with Gasteiger partial charge in [0.15, 0.2) is 10.6 Å². The lowest BCUT2D eigenvalue weighted by Crippen LogP contribution is -2.44. The van der Waals surface area contributed by atoms with Gasteiger partial charge in [0.25, 0.3) is 15.9 Å². The largest absolute Gasteiger partial charge is 0.477 e. The number of hydrogen-bond acceptors (Lipinski definition) is 7. The maximum Gasteiger partial charge on any atom is 0.281 e. The maximum atomic E-state index is 13.3. The predicted molar refractivity (Wildman–Crippen MR) is 139 cm³/mol. The van der Waals surface area contributed by atoms with Gasteiger partial charge in [0, 0.05) is 31.0 Å². The van der Waals surface area contributed by atoms with E-state index in [1.165, 1.54) is 25.3 Å². The summed E-state index contributed by atoms with van der Waals surface area (Å²) in [4.78, 5) is 19.6.